The smallest absolute Gasteiger partial charge is 0.225 e. The van der Waals surface area contributed by atoms with Crippen LogP contribution in [-0.4, -0.2) is 22.0 Å². The number of para-hydroxylation sites is 2. The number of fused-ring (bicyclic) bond motifs is 1. The van der Waals surface area contributed by atoms with Gasteiger partial charge in [0, 0.05) is 24.9 Å². The van der Waals surface area contributed by atoms with Crippen LogP contribution in [0.3, 0.4) is 0 Å². The minimum absolute atomic E-state index is 0.141. The highest BCUT2D eigenvalue weighted by atomic mass is 16.2. The number of rotatable bonds is 21. The second kappa shape index (κ2) is 18.4. The quantitative estimate of drug-likeness (QED) is 0.170. The van der Waals surface area contributed by atoms with E-state index in [1.807, 2.05) is 20.8 Å². The van der Waals surface area contributed by atoms with Gasteiger partial charge in [0.1, 0.15) is 5.82 Å². The number of benzene rings is 1. The Kier molecular flexibility index (Phi) is 15.6. The van der Waals surface area contributed by atoms with Crippen LogP contribution in [0.4, 0.5) is 0 Å². The van der Waals surface area contributed by atoms with E-state index < -0.39 is 0 Å². The lowest BCUT2D eigenvalue weighted by atomic mass is 9.96. The predicted molar refractivity (Wildman–Crippen MR) is 160 cm³/mol. The third-order valence-electron chi connectivity index (χ3n) is 7.51. The molecule has 2 rings (SSSR count). The van der Waals surface area contributed by atoms with Crippen LogP contribution in [0.25, 0.3) is 11.0 Å². The van der Waals surface area contributed by atoms with Crippen molar-refractivity contribution >= 4 is 16.9 Å². The van der Waals surface area contributed by atoms with Gasteiger partial charge in [0.05, 0.1) is 11.0 Å². The van der Waals surface area contributed by atoms with Crippen molar-refractivity contribution in [1.29, 1.82) is 0 Å². The molecule has 0 aliphatic heterocycles. The molecule has 0 unspecified atom stereocenters. The Hall–Kier alpha value is -1.84. The minimum Gasteiger partial charge on any atom is -0.356 e. The average molecular weight is 512 g/mol. The summed E-state index contributed by atoms with van der Waals surface area (Å²) in [4.78, 5) is 17.0. The van der Waals surface area contributed by atoms with E-state index in [0.29, 0.717) is 0 Å². The summed E-state index contributed by atoms with van der Waals surface area (Å²) in [5, 5.41) is 3.06. The lowest BCUT2D eigenvalue weighted by Gasteiger charge is -2.17. The zero-order valence-corrected chi connectivity index (χ0v) is 24.8. The Labute approximate surface area is 228 Å². The second-order valence-corrected chi connectivity index (χ2v) is 12.1. The molecule has 37 heavy (non-hydrogen) atoms. The van der Waals surface area contributed by atoms with Gasteiger partial charge < -0.3 is 9.88 Å². The van der Waals surface area contributed by atoms with Crippen LogP contribution in [0, 0.1) is 5.41 Å². The Morgan fingerprint density at radius 2 is 1.30 bits per heavy atom. The summed E-state index contributed by atoms with van der Waals surface area (Å²) >= 11 is 0. The third kappa shape index (κ3) is 13.0. The molecular weight excluding hydrogens is 454 g/mol. The van der Waals surface area contributed by atoms with Gasteiger partial charge in [0.2, 0.25) is 5.91 Å². The molecule has 0 spiro atoms. The first kappa shape index (κ1) is 31.4. The number of hydrogen-bond donors (Lipinski definition) is 1. The van der Waals surface area contributed by atoms with E-state index in [2.05, 4.69) is 41.1 Å². The van der Waals surface area contributed by atoms with Crippen LogP contribution in [-0.2, 0) is 17.8 Å². The number of aromatic nitrogens is 2. The Morgan fingerprint density at radius 3 is 1.89 bits per heavy atom. The number of hydrogen-bond acceptors (Lipinski definition) is 2. The highest BCUT2D eigenvalue weighted by Crippen LogP contribution is 2.20. The number of nitrogens with zero attached hydrogens (tertiary/aromatic N) is 2. The molecular formula is C33H57N3O. The molecule has 0 aliphatic carbocycles. The van der Waals surface area contributed by atoms with Crippen molar-refractivity contribution in [3.05, 3.63) is 30.1 Å². The molecule has 210 valence electrons. The van der Waals surface area contributed by atoms with E-state index >= 15 is 0 Å². The number of carbonyl (C=O) groups is 1. The summed E-state index contributed by atoms with van der Waals surface area (Å²) < 4.78 is 2.47. The molecule has 1 heterocycles. The van der Waals surface area contributed by atoms with Crippen molar-refractivity contribution in [3.8, 4) is 0 Å². The highest BCUT2D eigenvalue weighted by Gasteiger charge is 2.20. The average Bonchev–Trinajstić information content (AvgIpc) is 3.22. The molecule has 1 aromatic heterocycles. The molecule has 0 fully saturated rings. The Bertz CT molecular complexity index is 864. The van der Waals surface area contributed by atoms with Gasteiger partial charge in [-0.25, -0.2) is 4.98 Å². The standard InChI is InChI=1S/C33H57N3O/c1-5-6-7-8-9-10-11-12-13-14-15-16-17-23-28-36-30-25-21-20-24-29(30)35-31(36)26-19-18-22-27-34-32(37)33(2,3)4/h20-21,24-25H,5-19,22-23,26-28H2,1-4H3,(H,34,37). The fourth-order valence-corrected chi connectivity index (χ4v) is 5.08. The van der Waals surface area contributed by atoms with Gasteiger partial charge in [-0.2, -0.15) is 0 Å². The van der Waals surface area contributed by atoms with Gasteiger partial charge in [-0.05, 0) is 31.4 Å². The first-order valence-corrected chi connectivity index (χ1v) is 15.7. The van der Waals surface area contributed by atoms with E-state index in [1.54, 1.807) is 0 Å². The molecule has 4 heteroatoms. The molecule has 0 saturated heterocycles. The molecule has 0 atom stereocenters. The van der Waals surface area contributed by atoms with Crippen molar-refractivity contribution in [1.82, 2.24) is 14.9 Å². The molecule has 2 aromatic rings. The largest absolute Gasteiger partial charge is 0.356 e. The number of aryl methyl sites for hydroxylation is 2. The van der Waals surface area contributed by atoms with Crippen LogP contribution < -0.4 is 5.32 Å². The molecule has 0 bridgehead atoms. The van der Waals surface area contributed by atoms with E-state index in [9.17, 15) is 4.79 Å². The first-order chi connectivity index (χ1) is 17.9. The summed E-state index contributed by atoms with van der Waals surface area (Å²) in [6.45, 7) is 10.0. The molecule has 1 amide bonds. The van der Waals surface area contributed by atoms with Crippen LogP contribution in [0.15, 0.2) is 24.3 Å². The van der Waals surface area contributed by atoms with Crippen molar-refractivity contribution in [2.45, 2.75) is 150 Å². The molecule has 0 radical (unpaired) electrons. The third-order valence-corrected chi connectivity index (χ3v) is 7.51. The lowest BCUT2D eigenvalue weighted by Crippen LogP contribution is -2.35. The van der Waals surface area contributed by atoms with Gasteiger partial charge in [0.25, 0.3) is 0 Å². The van der Waals surface area contributed by atoms with Gasteiger partial charge in [-0.15, -0.1) is 0 Å². The summed E-state index contributed by atoms with van der Waals surface area (Å²) in [6.07, 6.45) is 23.8. The number of carbonyl (C=O) groups excluding carboxylic acids is 1. The Balaban J connectivity index is 1.60. The number of imidazole rings is 1. The molecule has 0 saturated carbocycles. The molecule has 4 nitrogen and oxygen atoms in total. The maximum atomic E-state index is 12.0. The van der Waals surface area contributed by atoms with Crippen LogP contribution in [0.5, 0.6) is 0 Å². The lowest BCUT2D eigenvalue weighted by molar-refractivity contribution is -0.128. The van der Waals surface area contributed by atoms with E-state index in [1.165, 1.54) is 101 Å². The van der Waals surface area contributed by atoms with E-state index in [-0.39, 0.29) is 11.3 Å². The number of unbranched alkanes of at least 4 members (excludes halogenated alkanes) is 15. The summed E-state index contributed by atoms with van der Waals surface area (Å²) in [5.41, 5.74) is 2.10. The molecule has 0 aliphatic rings. The second-order valence-electron chi connectivity index (χ2n) is 12.1. The van der Waals surface area contributed by atoms with Crippen molar-refractivity contribution in [2.24, 2.45) is 5.41 Å². The maximum Gasteiger partial charge on any atom is 0.225 e. The van der Waals surface area contributed by atoms with Gasteiger partial charge >= 0.3 is 0 Å². The van der Waals surface area contributed by atoms with Crippen molar-refractivity contribution < 1.29 is 4.79 Å². The van der Waals surface area contributed by atoms with E-state index in [0.717, 1.165) is 44.3 Å². The van der Waals surface area contributed by atoms with Crippen LogP contribution >= 0.6 is 0 Å². The number of nitrogens with one attached hydrogen (secondary N) is 1. The predicted octanol–water partition coefficient (Wildman–Crippen LogP) is 9.39. The number of amides is 1. The fourth-order valence-electron chi connectivity index (χ4n) is 5.08. The summed E-state index contributed by atoms with van der Waals surface area (Å²) in [5.74, 6) is 1.37. The SMILES string of the molecule is CCCCCCCCCCCCCCCCn1c(CCCCCNC(=O)C(C)(C)C)nc2ccccc21. The van der Waals surface area contributed by atoms with Gasteiger partial charge in [0.15, 0.2) is 0 Å². The maximum absolute atomic E-state index is 12.0. The minimum atomic E-state index is -0.307. The summed E-state index contributed by atoms with van der Waals surface area (Å²) in [6, 6.07) is 8.58. The van der Waals surface area contributed by atoms with Gasteiger partial charge in [-0.3, -0.25) is 4.79 Å². The fraction of sp³-hybridized carbons (Fsp3) is 0.758. The summed E-state index contributed by atoms with van der Waals surface area (Å²) in [7, 11) is 0. The van der Waals surface area contributed by atoms with Crippen molar-refractivity contribution in [3.63, 3.8) is 0 Å². The molecule has 1 aromatic carbocycles. The van der Waals surface area contributed by atoms with E-state index in [4.69, 9.17) is 4.98 Å². The zero-order valence-electron chi connectivity index (χ0n) is 24.8. The van der Waals surface area contributed by atoms with Crippen molar-refractivity contribution in [2.75, 3.05) is 6.54 Å². The topological polar surface area (TPSA) is 46.9 Å². The van der Waals surface area contributed by atoms with Crippen LogP contribution in [0.2, 0.25) is 0 Å². The van der Waals surface area contributed by atoms with Crippen LogP contribution in [0.1, 0.15) is 143 Å². The Morgan fingerprint density at radius 1 is 0.757 bits per heavy atom. The first-order valence-electron chi connectivity index (χ1n) is 15.7. The monoisotopic (exact) mass is 511 g/mol. The highest BCUT2D eigenvalue weighted by molar-refractivity contribution is 5.81. The van der Waals surface area contributed by atoms with Gasteiger partial charge in [-0.1, -0.05) is 130 Å². The molecule has 1 N–H and O–H groups in total. The normalized spacial score (nSPS) is 11.9. The zero-order chi connectivity index (χ0) is 26.8.